The minimum atomic E-state index is -4.17. The Kier molecular flexibility index (Phi) is 5.60. The summed E-state index contributed by atoms with van der Waals surface area (Å²) in [4.78, 5) is 0.798. The van der Waals surface area contributed by atoms with Gasteiger partial charge in [-0.3, -0.25) is 0 Å². The molecule has 0 saturated carbocycles. The van der Waals surface area contributed by atoms with Crippen LogP contribution in [0, 0.1) is 0 Å². The fraction of sp³-hybridized carbons (Fsp3) is 0.235. The van der Waals surface area contributed by atoms with Crippen LogP contribution in [0.15, 0.2) is 59.0 Å². The Morgan fingerprint density at radius 3 is 2.85 bits per heavy atom. The minimum absolute atomic E-state index is 0.277. The molecular weight excluding hydrogens is 372 g/mol. The highest BCUT2D eigenvalue weighted by Gasteiger charge is 2.04. The van der Waals surface area contributed by atoms with Crippen molar-refractivity contribution >= 4 is 37.9 Å². The number of nitrogens with zero attached hydrogens (tertiary/aromatic N) is 4. The molecule has 3 aromatic rings. The van der Waals surface area contributed by atoms with Crippen molar-refractivity contribution in [2.75, 3.05) is 5.75 Å². The predicted octanol–water partition coefficient (Wildman–Crippen LogP) is 1.40. The molecule has 7 nitrogen and oxygen atoms in total. The molecule has 1 aromatic carbocycles. The van der Waals surface area contributed by atoms with E-state index in [0.29, 0.717) is 6.54 Å². The highest BCUT2D eigenvalue weighted by Crippen LogP contribution is 2.15. The van der Waals surface area contributed by atoms with Crippen molar-refractivity contribution in [3.63, 3.8) is 0 Å². The minimum Gasteiger partial charge on any atom is -0.748 e. The molecule has 0 aliphatic carbocycles. The fourth-order valence-corrected chi connectivity index (χ4v) is 3.96. The van der Waals surface area contributed by atoms with Gasteiger partial charge in [-0.15, -0.1) is 5.10 Å². The molecule has 0 saturated heterocycles. The molecule has 9 heteroatoms. The first-order chi connectivity index (χ1) is 12.4. The molecule has 2 heterocycles. The molecule has 0 amide bonds. The second kappa shape index (κ2) is 7.90. The van der Waals surface area contributed by atoms with E-state index in [9.17, 15) is 13.0 Å². The number of pyridine rings is 1. The van der Waals surface area contributed by atoms with E-state index in [0.717, 1.165) is 20.6 Å². The van der Waals surface area contributed by atoms with Crippen LogP contribution in [0.1, 0.15) is 12.0 Å². The highest BCUT2D eigenvalue weighted by molar-refractivity contribution is 7.85. The SMILES string of the molecule is Cn1c(=NN=Cc2ccc[n+](CCCS(=O)(=O)[O-])c2)sc2ccccc21. The van der Waals surface area contributed by atoms with Gasteiger partial charge in [-0.1, -0.05) is 23.5 Å². The summed E-state index contributed by atoms with van der Waals surface area (Å²) in [6, 6.07) is 11.8. The van der Waals surface area contributed by atoms with Crippen molar-refractivity contribution in [2.24, 2.45) is 17.3 Å². The number of thiazole rings is 1. The number of hydrogen-bond donors (Lipinski definition) is 0. The van der Waals surface area contributed by atoms with E-state index >= 15 is 0 Å². The van der Waals surface area contributed by atoms with Gasteiger partial charge in [-0.05, 0) is 18.2 Å². The van der Waals surface area contributed by atoms with E-state index in [2.05, 4.69) is 10.2 Å². The molecule has 0 bridgehead atoms. The van der Waals surface area contributed by atoms with E-state index in [1.807, 2.05) is 65.0 Å². The van der Waals surface area contributed by atoms with E-state index < -0.39 is 10.1 Å². The molecule has 0 N–H and O–H groups in total. The Balaban J connectivity index is 1.74. The van der Waals surface area contributed by atoms with Crippen LogP contribution in [-0.2, 0) is 23.7 Å². The monoisotopic (exact) mass is 390 g/mol. The van der Waals surface area contributed by atoms with Crippen molar-refractivity contribution in [3.8, 4) is 0 Å². The van der Waals surface area contributed by atoms with Crippen LogP contribution < -0.4 is 9.37 Å². The lowest BCUT2D eigenvalue weighted by Gasteiger charge is -2.04. The van der Waals surface area contributed by atoms with Gasteiger partial charge in [-0.25, -0.2) is 13.0 Å². The lowest BCUT2D eigenvalue weighted by molar-refractivity contribution is -0.696. The zero-order valence-corrected chi connectivity index (χ0v) is 15.8. The lowest BCUT2D eigenvalue weighted by Crippen LogP contribution is -2.34. The van der Waals surface area contributed by atoms with E-state index in [1.54, 1.807) is 17.6 Å². The number of aromatic nitrogens is 2. The number of hydrogen-bond acceptors (Lipinski definition) is 6. The van der Waals surface area contributed by atoms with Crippen LogP contribution in [0.2, 0.25) is 0 Å². The predicted molar refractivity (Wildman–Crippen MR) is 99.8 cm³/mol. The Bertz CT molecular complexity index is 1110. The number of benzene rings is 1. The summed E-state index contributed by atoms with van der Waals surface area (Å²) >= 11 is 1.57. The molecule has 0 radical (unpaired) electrons. The van der Waals surface area contributed by atoms with Gasteiger partial charge in [0.25, 0.3) is 0 Å². The molecule has 136 valence electrons. The first kappa shape index (κ1) is 18.4. The summed E-state index contributed by atoms with van der Waals surface area (Å²) in [5.41, 5.74) is 1.95. The van der Waals surface area contributed by atoms with Crippen molar-refractivity contribution < 1.29 is 17.5 Å². The molecular formula is C17H18N4O3S2. The summed E-state index contributed by atoms with van der Waals surface area (Å²) in [7, 11) is -2.22. The number of aryl methyl sites for hydroxylation is 2. The fourth-order valence-electron chi connectivity index (χ4n) is 2.50. The quantitative estimate of drug-likeness (QED) is 0.276. The molecule has 0 fully saturated rings. The van der Waals surface area contributed by atoms with Crippen molar-refractivity contribution in [1.82, 2.24) is 4.57 Å². The Morgan fingerprint density at radius 2 is 2.08 bits per heavy atom. The van der Waals surface area contributed by atoms with Gasteiger partial charge in [-0.2, -0.15) is 5.10 Å². The van der Waals surface area contributed by atoms with Gasteiger partial charge >= 0.3 is 0 Å². The molecule has 0 aliphatic heterocycles. The van der Waals surface area contributed by atoms with Crippen LogP contribution in [0.25, 0.3) is 10.2 Å². The van der Waals surface area contributed by atoms with Gasteiger partial charge in [0, 0.05) is 25.3 Å². The summed E-state index contributed by atoms with van der Waals surface area (Å²) < 4.78 is 36.9. The molecule has 2 aromatic heterocycles. The second-order valence-corrected chi connectivity index (χ2v) is 8.28. The molecule has 3 rings (SSSR count). The largest absolute Gasteiger partial charge is 0.748 e. The van der Waals surface area contributed by atoms with Gasteiger partial charge in [0.15, 0.2) is 12.4 Å². The molecule has 0 atom stereocenters. The number of rotatable bonds is 6. The Labute approximate surface area is 155 Å². The molecule has 0 unspecified atom stereocenters. The topological polar surface area (TPSA) is 90.7 Å². The van der Waals surface area contributed by atoms with Crippen LogP contribution >= 0.6 is 11.3 Å². The number of fused-ring (bicyclic) bond motifs is 1. The van der Waals surface area contributed by atoms with Crippen molar-refractivity contribution in [1.29, 1.82) is 0 Å². The summed E-state index contributed by atoms with van der Waals surface area (Å²) in [5.74, 6) is -0.365. The van der Waals surface area contributed by atoms with Gasteiger partial charge in [0.1, 0.15) is 6.54 Å². The van der Waals surface area contributed by atoms with Gasteiger partial charge < -0.3 is 9.12 Å². The van der Waals surface area contributed by atoms with E-state index in [-0.39, 0.29) is 12.2 Å². The van der Waals surface area contributed by atoms with Crippen LogP contribution in [0.3, 0.4) is 0 Å². The van der Waals surface area contributed by atoms with Crippen LogP contribution in [-0.4, -0.2) is 29.5 Å². The molecule has 26 heavy (non-hydrogen) atoms. The lowest BCUT2D eigenvalue weighted by atomic mass is 10.3. The maximum absolute atomic E-state index is 10.7. The Hall–Kier alpha value is -2.36. The van der Waals surface area contributed by atoms with Crippen molar-refractivity contribution in [3.05, 3.63) is 59.2 Å². The van der Waals surface area contributed by atoms with Gasteiger partial charge in [0.05, 0.1) is 32.1 Å². The summed E-state index contributed by atoms with van der Waals surface area (Å²) in [6.45, 7) is 0.450. The Morgan fingerprint density at radius 1 is 1.27 bits per heavy atom. The normalized spacial score (nSPS) is 13.1. The zero-order valence-electron chi connectivity index (χ0n) is 14.1. The second-order valence-electron chi connectivity index (χ2n) is 5.75. The standard InChI is InChI=1S/C17H18N4O3S2/c1-20-15-7-2-3-8-16(15)25-17(20)19-18-12-14-6-4-9-21(13-14)10-5-11-26(22,23)24/h2-4,6-9,12-13H,5,10-11H2,1H3. The summed E-state index contributed by atoms with van der Waals surface area (Å²) in [5, 5.41) is 8.44. The van der Waals surface area contributed by atoms with Crippen molar-refractivity contribution in [2.45, 2.75) is 13.0 Å². The average Bonchev–Trinajstić information content (AvgIpc) is 2.91. The molecule has 0 spiro atoms. The van der Waals surface area contributed by atoms with Gasteiger partial charge in [0.2, 0.25) is 4.80 Å². The third kappa shape index (κ3) is 4.84. The highest BCUT2D eigenvalue weighted by atomic mass is 32.2. The first-order valence-electron chi connectivity index (χ1n) is 7.97. The van der Waals surface area contributed by atoms with E-state index in [1.165, 1.54) is 0 Å². The third-order valence-electron chi connectivity index (χ3n) is 3.76. The smallest absolute Gasteiger partial charge is 0.211 e. The maximum atomic E-state index is 10.7. The van der Waals surface area contributed by atoms with Crippen LogP contribution in [0.4, 0.5) is 0 Å². The average molecular weight is 390 g/mol. The van der Waals surface area contributed by atoms with E-state index in [4.69, 9.17) is 0 Å². The van der Waals surface area contributed by atoms with Crippen LogP contribution in [0.5, 0.6) is 0 Å². The third-order valence-corrected chi connectivity index (χ3v) is 5.65. The molecule has 0 aliphatic rings. The maximum Gasteiger partial charge on any atom is 0.211 e. The first-order valence-corrected chi connectivity index (χ1v) is 10.4. The zero-order chi connectivity index (χ0) is 18.6. The number of para-hydroxylation sites is 1. The summed E-state index contributed by atoms with van der Waals surface area (Å²) in [6.07, 6.45) is 5.57.